The van der Waals surface area contributed by atoms with Crippen LogP contribution in [0, 0.1) is 5.92 Å². The lowest BCUT2D eigenvalue weighted by Gasteiger charge is -2.29. The molecule has 2 heteroatoms. The maximum Gasteiger partial charge on any atom is 0.225 e. The molecule has 0 atom stereocenters. The summed E-state index contributed by atoms with van der Waals surface area (Å²) in [6, 6.07) is 0. The highest BCUT2D eigenvalue weighted by Crippen LogP contribution is 2.25. The van der Waals surface area contributed by atoms with Gasteiger partial charge in [0.25, 0.3) is 0 Å². The third-order valence-electron chi connectivity index (χ3n) is 3.76. The fourth-order valence-corrected chi connectivity index (χ4v) is 2.75. The lowest BCUT2D eigenvalue weighted by molar-refractivity contribution is -0.136. The molecule has 1 saturated carbocycles. The van der Waals surface area contributed by atoms with E-state index >= 15 is 0 Å². The van der Waals surface area contributed by atoms with Gasteiger partial charge in [-0.3, -0.25) is 4.79 Å². The molecule has 0 N–H and O–H groups in total. The largest absolute Gasteiger partial charge is 0.338 e. The molecule has 2 nitrogen and oxygen atoms in total. The van der Waals surface area contributed by atoms with Gasteiger partial charge in [-0.05, 0) is 26.2 Å². The summed E-state index contributed by atoms with van der Waals surface area (Å²) in [4.78, 5) is 14.6. The van der Waals surface area contributed by atoms with Crippen LogP contribution in [0.15, 0.2) is 12.2 Å². The molecule has 0 aromatic heterocycles. The first-order valence-corrected chi connectivity index (χ1v) is 7.58. The second kappa shape index (κ2) is 8.34. The molecular formula is C16H29NO. The molecule has 0 radical (unpaired) electrons. The lowest BCUT2D eigenvalue weighted by atomic mass is 9.88. The summed E-state index contributed by atoms with van der Waals surface area (Å²) >= 11 is 0. The fourth-order valence-electron chi connectivity index (χ4n) is 2.75. The van der Waals surface area contributed by atoms with Crippen LogP contribution in [0.4, 0.5) is 0 Å². The van der Waals surface area contributed by atoms with Crippen molar-refractivity contribution in [2.24, 2.45) is 5.92 Å². The van der Waals surface area contributed by atoms with Gasteiger partial charge in [0, 0.05) is 19.0 Å². The highest BCUT2D eigenvalue weighted by molar-refractivity contribution is 5.79. The molecule has 0 spiro atoms. The zero-order valence-corrected chi connectivity index (χ0v) is 12.2. The second-order valence-corrected chi connectivity index (χ2v) is 5.76. The first-order chi connectivity index (χ1) is 8.65. The first-order valence-electron chi connectivity index (χ1n) is 7.58. The molecular weight excluding hydrogens is 222 g/mol. The fraction of sp³-hybridized carbons (Fsp3) is 0.812. The summed E-state index contributed by atoms with van der Waals surface area (Å²) in [5.74, 6) is 0.675. The smallest absolute Gasteiger partial charge is 0.225 e. The van der Waals surface area contributed by atoms with Gasteiger partial charge >= 0.3 is 0 Å². The van der Waals surface area contributed by atoms with Gasteiger partial charge in [0.05, 0.1) is 0 Å². The van der Waals surface area contributed by atoms with Crippen LogP contribution in [0.5, 0.6) is 0 Å². The predicted molar refractivity (Wildman–Crippen MR) is 77.5 cm³/mol. The minimum Gasteiger partial charge on any atom is -0.338 e. The average molecular weight is 251 g/mol. The van der Waals surface area contributed by atoms with E-state index in [0.29, 0.717) is 11.8 Å². The molecule has 0 aliphatic heterocycles. The minimum atomic E-state index is 0.291. The van der Waals surface area contributed by atoms with Gasteiger partial charge in [-0.2, -0.15) is 0 Å². The summed E-state index contributed by atoms with van der Waals surface area (Å²) in [5, 5.41) is 0. The van der Waals surface area contributed by atoms with Crippen LogP contribution in [0.3, 0.4) is 0 Å². The molecule has 1 rings (SSSR count). The van der Waals surface area contributed by atoms with Gasteiger partial charge < -0.3 is 4.90 Å². The van der Waals surface area contributed by atoms with E-state index in [0.717, 1.165) is 37.9 Å². The van der Waals surface area contributed by atoms with Crippen molar-refractivity contribution in [2.75, 3.05) is 13.1 Å². The molecule has 1 aliphatic carbocycles. The lowest BCUT2D eigenvalue weighted by Crippen LogP contribution is -2.38. The van der Waals surface area contributed by atoms with Crippen molar-refractivity contribution in [2.45, 2.75) is 65.2 Å². The zero-order chi connectivity index (χ0) is 13.4. The van der Waals surface area contributed by atoms with E-state index in [1.807, 2.05) is 11.8 Å². The number of hydrogen-bond acceptors (Lipinski definition) is 1. The molecule has 0 heterocycles. The summed E-state index contributed by atoms with van der Waals surface area (Å²) in [5.41, 5.74) is 1.09. The summed E-state index contributed by atoms with van der Waals surface area (Å²) in [6.45, 7) is 9.83. The van der Waals surface area contributed by atoms with Crippen LogP contribution < -0.4 is 0 Å². The van der Waals surface area contributed by atoms with Crippen molar-refractivity contribution in [3.8, 4) is 0 Å². The van der Waals surface area contributed by atoms with E-state index < -0.39 is 0 Å². The van der Waals surface area contributed by atoms with Crippen LogP contribution in [0.25, 0.3) is 0 Å². The van der Waals surface area contributed by atoms with Crippen LogP contribution >= 0.6 is 0 Å². The Kier molecular flexibility index (Phi) is 7.07. The molecule has 0 saturated heterocycles. The normalized spacial score (nSPS) is 16.6. The van der Waals surface area contributed by atoms with E-state index in [-0.39, 0.29) is 0 Å². The number of unbranched alkanes of at least 4 members (excludes halogenated alkanes) is 2. The Morgan fingerprint density at radius 3 is 2.44 bits per heavy atom. The Morgan fingerprint density at radius 1 is 1.22 bits per heavy atom. The monoisotopic (exact) mass is 251 g/mol. The highest BCUT2D eigenvalue weighted by atomic mass is 16.2. The maximum absolute atomic E-state index is 12.5. The molecule has 18 heavy (non-hydrogen) atoms. The predicted octanol–water partition coefficient (Wildman–Crippen LogP) is 4.16. The molecule has 104 valence electrons. The van der Waals surface area contributed by atoms with Crippen LogP contribution in [-0.4, -0.2) is 23.9 Å². The van der Waals surface area contributed by atoms with Gasteiger partial charge in [0.15, 0.2) is 0 Å². The Bertz CT molecular complexity index is 266. The van der Waals surface area contributed by atoms with Gasteiger partial charge in [-0.15, -0.1) is 0 Å². The number of carbonyl (C=O) groups is 1. The van der Waals surface area contributed by atoms with Crippen molar-refractivity contribution in [3.05, 3.63) is 12.2 Å². The highest BCUT2D eigenvalue weighted by Gasteiger charge is 2.25. The quantitative estimate of drug-likeness (QED) is 0.491. The maximum atomic E-state index is 12.5. The summed E-state index contributed by atoms with van der Waals surface area (Å²) in [7, 11) is 0. The van der Waals surface area contributed by atoms with E-state index in [9.17, 15) is 4.79 Å². The minimum absolute atomic E-state index is 0.291. The third-order valence-corrected chi connectivity index (χ3v) is 3.76. The van der Waals surface area contributed by atoms with E-state index in [4.69, 9.17) is 0 Å². The average Bonchev–Trinajstić information content (AvgIpc) is 2.37. The SMILES string of the molecule is C=C(C)CN(CCCCC)C(=O)C1CCCCC1. The van der Waals surface area contributed by atoms with Crippen LogP contribution in [0.2, 0.25) is 0 Å². The Hall–Kier alpha value is -0.790. The van der Waals surface area contributed by atoms with Crippen molar-refractivity contribution in [1.29, 1.82) is 0 Å². The van der Waals surface area contributed by atoms with E-state index in [1.54, 1.807) is 0 Å². The van der Waals surface area contributed by atoms with Gasteiger partial charge in [-0.25, -0.2) is 0 Å². The molecule has 0 aromatic rings. The van der Waals surface area contributed by atoms with E-state index in [2.05, 4.69) is 13.5 Å². The molecule has 1 fully saturated rings. The number of nitrogens with zero attached hydrogens (tertiary/aromatic N) is 1. The number of carbonyl (C=O) groups excluding carboxylic acids is 1. The van der Waals surface area contributed by atoms with Crippen molar-refractivity contribution >= 4 is 5.91 Å². The Morgan fingerprint density at radius 2 is 1.89 bits per heavy atom. The topological polar surface area (TPSA) is 20.3 Å². The molecule has 1 aliphatic rings. The second-order valence-electron chi connectivity index (χ2n) is 5.76. The summed E-state index contributed by atoms with van der Waals surface area (Å²) in [6.07, 6.45) is 9.50. The van der Waals surface area contributed by atoms with Crippen LogP contribution in [0.1, 0.15) is 65.2 Å². The molecule has 0 unspecified atom stereocenters. The van der Waals surface area contributed by atoms with Crippen molar-refractivity contribution in [1.82, 2.24) is 4.90 Å². The zero-order valence-electron chi connectivity index (χ0n) is 12.2. The van der Waals surface area contributed by atoms with Crippen LogP contribution in [-0.2, 0) is 4.79 Å². The Labute approximate surface area is 112 Å². The van der Waals surface area contributed by atoms with Gasteiger partial charge in [0.2, 0.25) is 5.91 Å². The number of hydrogen-bond donors (Lipinski definition) is 0. The number of amides is 1. The first kappa shape index (κ1) is 15.3. The number of rotatable bonds is 7. The molecule has 0 bridgehead atoms. The van der Waals surface area contributed by atoms with Gasteiger partial charge in [0.1, 0.15) is 0 Å². The molecule has 1 amide bonds. The standard InChI is InChI=1S/C16H29NO/c1-4-5-9-12-17(13-14(2)3)16(18)15-10-7-6-8-11-15/h15H,2,4-13H2,1,3H3. The van der Waals surface area contributed by atoms with Crippen molar-refractivity contribution in [3.63, 3.8) is 0 Å². The van der Waals surface area contributed by atoms with Gasteiger partial charge in [-0.1, -0.05) is 51.2 Å². The van der Waals surface area contributed by atoms with Crippen molar-refractivity contribution < 1.29 is 4.79 Å². The summed E-state index contributed by atoms with van der Waals surface area (Å²) < 4.78 is 0. The van der Waals surface area contributed by atoms with E-state index in [1.165, 1.54) is 32.1 Å². The third kappa shape index (κ3) is 5.24. The molecule has 0 aromatic carbocycles. The Balaban J connectivity index is 2.50.